The van der Waals surface area contributed by atoms with E-state index in [0.29, 0.717) is 18.9 Å². The maximum absolute atomic E-state index is 11.9. The SMILES string of the molecule is CCOC(=O)c1cc(-c2ccc(OCc3ccccc3)cc2)nn1C. The Kier molecular flexibility index (Phi) is 5.14. The Morgan fingerprint density at radius 1 is 1.08 bits per heavy atom. The average molecular weight is 336 g/mol. The van der Waals surface area contributed by atoms with E-state index in [1.807, 2.05) is 54.6 Å². The van der Waals surface area contributed by atoms with Crippen LogP contribution in [0.3, 0.4) is 0 Å². The van der Waals surface area contributed by atoms with Gasteiger partial charge in [0.25, 0.3) is 0 Å². The van der Waals surface area contributed by atoms with Crippen LogP contribution in [0.4, 0.5) is 0 Å². The van der Waals surface area contributed by atoms with Crippen LogP contribution >= 0.6 is 0 Å². The summed E-state index contributed by atoms with van der Waals surface area (Å²) in [6.07, 6.45) is 0. The minimum Gasteiger partial charge on any atom is -0.489 e. The lowest BCUT2D eigenvalue weighted by atomic mass is 10.1. The van der Waals surface area contributed by atoms with E-state index < -0.39 is 0 Å². The van der Waals surface area contributed by atoms with E-state index in [4.69, 9.17) is 9.47 Å². The van der Waals surface area contributed by atoms with E-state index in [-0.39, 0.29) is 5.97 Å². The maximum atomic E-state index is 11.9. The molecule has 0 aliphatic heterocycles. The van der Waals surface area contributed by atoms with Gasteiger partial charge in [-0.15, -0.1) is 0 Å². The number of carbonyl (C=O) groups excluding carboxylic acids is 1. The molecule has 0 aliphatic carbocycles. The predicted molar refractivity (Wildman–Crippen MR) is 95.4 cm³/mol. The number of esters is 1. The van der Waals surface area contributed by atoms with Gasteiger partial charge in [-0.2, -0.15) is 5.10 Å². The summed E-state index contributed by atoms with van der Waals surface area (Å²) in [6.45, 7) is 2.65. The number of nitrogens with zero attached hydrogens (tertiary/aromatic N) is 2. The van der Waals surface area contributed by atoms with Crippen LogP contribution in [0.25, 0.3) is 11.3 Å². The first-order chi connectivity index (χ1) is 12.2. The van der Waals surface area contributed by atoms with Crippen molar-refractivity contribution >= 4 is 5.97 Å². The van der Waals surface area contributed by atoms with Gasteiger partial charge in [-0.25, -0.2) is 4.79 Å². The summed E-state index contributed by atoms with van der Waals surface area (Å²) in [7, 11) is 1.73. The lowest BCUT2D eigenvalue weighted by molar-refractivity contribution is 0.0513. The molecule has 5 nitrogen and oxygen atoms in total. The second kappa shape index (κ2) is 7.66. The van der Waals surface area contributed by atoms with Crippen molar-refractivity contribution in [1.82, 2.24) is 9.78 Å². The van der Waals surface area contributed by atoms with Gasteiger partial charge in [-0.1, -0.05) is 30.3 Å². The van der Waals surface area contributed by atoms with Crippen LogP contribution in [0.1, 0.15) is 23.0 Å². The third-order valence-corrected chi connectivity index (χ3v) is 3.76. The van der Waals surface area contributed by atoms with Gasteiger partial charge in [0.15, 0.2) is 0 Å². The van der Waals surface area contributed by atoms with Gasteiger partial charge >= 0.3 is 5.97 Å². The maximum Gasteiger partial charge on any atom is 0.356 e. The zero-order valence-electron chi connectivity index (χ0n) is 14.3. The summed E-state index contributed by atoms with van der Waals surface area (Å²) >= 11 is 0. The summed E-state index contributed by atoms with van der Waals surface area (Å²) < 4.78 is 12.3. The number of hydrogen-bond donors (Lipinski definition) is 0. The number of ether oxygens (including phenoxy) is 2. The molecule has 5 heteroatoms. The molecular formula is C20H20N2O3. The number of carbonyl (C=O) groups is 1. The van der Waals surface area contributed by atoms with Crippen LogP contribution in [0, 0.1) is 0 Å². The third-order valence-electron chi connectivity index (χ3n) is 3.76. The summed E-state index contributed by atoms with van der Waals surface area (Å²) in [6, 6.07) is 19.4. The fourth-order valence-corrected chi connectivity index (χ4v) is 2.47. The molecule has 2 aromatic carbocycles. The molecule has 128 valence electrons. The van der Waals surface area contributed by atoms with E-state index in [9.17, 15) is 4.79 Å². The molecule has 0 N–H and O–H groups in total. The van der Waals surface area contributed by atoms with Gasteiger partial charge in [-0.3, -0.25) is 4.68 Å². The molecule has 0 amide bonds. The molecule has 0 fully saturated rings. The first-order valence-electron chi connectivity index (χ1n) is 8.15. The number of benzene rings is 2. The summed E-state index contributed by atoms with van der Waals surface area (Å²) in [5.41, 5.74) is 3.19. The van der Waals surface area contributed by atoms with Crippen LogP contribution in [-0.4, -0.2) is 22.4 Å². The fraction of sp³-hybridized carbons (Fsp3) is 0.200. The molecule has 0 saturated carbocycles. The van der Waals surface area contributed by atoms with Gasteiger partial charge in [-0.05, 0) is 42.8 Å². The zero-order chi connectivity index (χ0) is 17.6. The van der Waals surface area contributed by atoms with Crippen LogP contribution in [0.15, 0.2) is 60.7 Å². The van der Waals surface area contributed by atoms with Crippen LogP contribution in [0.5, 0.6) is 5.75 Å². The first kappa shape index (κ1) is 16.8. The summed E-state index contributed by atoms with van der Waals surface area (Å²) in [5.74, 6) is 0.417. The molecule has 1 aromatic heterocycles. The van der Waals surface area contributed by atoms with E-state index in [2.05, 4.69) is 5.10 Å². The molecule has 0 aliphatic rings. The lowest BCUT2D eigenvalue weighted by Gasteiger charge is -2.06. The largest absolute Gasteiger partial charge is 0.489 e. The highest BCUT2D eigenvalue weighted by atomic mass is 16.5. The van der Waals surface area contributed by atoms with Crippen molar-refractivity contribution in [3.8, 4) is 17.0 Å². The number of rotatable bonds is 6. The molecule has 0 spiro atoms. The van der Waals surface area contributed by atoms with E-state index in [1.165, 1.54) is 4.68 Å². The first-order valence-corrected chi connectivity index (χ1v) is 8.15. The number of hydrogen-bond acceptors (Lipinski definition) is 4. The van der Waals surface area contributed by atoms with E-state index in [1.54, 1.807) is 20.0 Å². The Bertz CT molecular complexity index is 839. The van der Waals surface area contributed by atoms with Crippen molar-refractivity contribution in [3.63, 3.8) is 0 Å². The molecule has 3 rings (SSSR count). The van der Waals surface area contributed by atoms with Gasteiger partial charge in [0.2, 0.25) is 0 Å². The molecule has 1 heterocycles. The van der Waals surface area contributed by atoms with Gasteiger partial charge < -0.3 is 9.47 Å². The van der Waals surface area contributed by atoms with Crippen LogP contribution < -0.4 is 4.74 Å². The van der Waals surface area contributed by atoms with Crippen molar-refractivity contribution in [1.29, 1.82) is 0 Å². The van der Waals surface area contributed by atoms with Gasteiger partial charge in [0.1, 0.15) is 18.1 Å². The highest BCUT2D eigenvalue weighted by Crippen LogP contribution is 2.23. The summed E-state index contributed by atoms with van der Waals surface area (Å²) in [4.78, 5) is 11.9. The van der Waals surface area contributed by atoms with E-state index in [0.717, 1.165) is 22.6 Å². The smallest absolute Gasteiger partial charge is 0.356 e. The van der Waals surface area contributed by atoms with Crippen LogP contribution in [-0.2, 0) is 18.4 Å². The van der Waals surface area contributed by atoms with Crippen molar-refractivity contribution in [2.45, 2.75) is 13.5 Å². The number of aromatic nitrogens is 2. The van der Waals surface area contributed by atoms with Crippen molar-refractivity contribution < 1.29 is 14.3 Å². The zero-order valence-corrected chi connectivity index (χ0v) is 14.3. The fourth-order valence-electron chi connectivity index (χ4n) is 2.47. The van der Waals surface area contributed by atoms with Crippen molar-refractivity contribution in [3.05, 3.63) is 71.9 Å². The molecule has 0 atom stereocenters. The lowest BCUT2D eigenvalue weighted by Crippen LogP contribution is -2.10. The third kappa shape index (κ3) is 4.07. The Balaban J connectivity index is 1.70. The molecule has 0 radical (unpaired) electrons. The summed E-state index contributed by atoms with van der Waals surface area (Å²) in [5, 5.41) is 4.38. The quantitative estimate of drug-likeness (QED) is 0.642. The van der Waals surface area contributed by atoms with Gasteiger partial charge in [0, 0.05) is 12.6 Å². The Morgan fingerprint density at radius 2 is 1.80 bits per heavy atom. The highest BCUT2D eigenvalue weighted by molar-refractivity contribution is 5.89. The predicted octanol–water partition coefficient (Wildman–Crippen LogP) is 3.84. The second-order valence-electron chi connectivity index (χ2n) is 5.56. The molecule has 25 heavy (non-hydrogen) atoms. The Hall–Kier alpha value is -3.08. The minimum atomic E-state index is -0.369. The molecule has 0 bridgehead atoms. The second-order valence-corrected chi connectivity index (χ2v) is 5.56. The van der Waals surface area contributed by atoms with Crippen LogP contribution in [0.2, 0.25) is 0 Å². The topological polar surface area (TPSA) is 53.4 Å². The molecule has 0 saturated heterocycles. The molecule has 3 aromatic rings. The van der Waals surface area contributed by atoms with Gasteiger partial charge in [0.05, 0.1) is 12.3 Å². The minimum absolute atomic E-state index is 0.340. The standard InChI is InChI=1S/C20H20N2O3/c1-3-24-20(23)19-13-18(21-22(19)2)16-9-11-17(12-10-16)25-14-15-7-5-4-6-8-15/h4-13H,3,14H2,1-2H3. The van der Waals surface area contributed by atoms with Crippen molar-refractivity contribution in [2.24, 2.45) is 7.05 Å². The van der Waals surface area contributed by atoms with Crippen molar-refractivity contribution in [2.75, 3.05) is 6.61 Å². The Labute approximate surface area is 146 Å². The molecule has 0 unspecified atom stereocenters. The highest BCUT2D eigenvalue weighted by Gasteiger charge is 2.15. The Morgan fingerprint density at radius 3 is 2.48 bits per heavy atom. The normalized spacial score (nSPS) is 10.5. The van der Waals surface area contributed by atoms with E-state index >= 15 is 0 Å². The number of aryl methyl sites for hydroxylation is 1. The average Bonchev–Trinajstić information content (AvgIpc) is 3.03. The monoisotopic (exact) mass is 336 g/mol. The molecular weight excluding hydrogens is 316 g/mol.